The molecule has 1 heterocycles. The Balaban J connectivity index is 2.76. The number of nitrogens with zero attached hydrogens (tertiary/aromatic N) is 2. The van der Waals surface area contributed by atoms with Gasteiger partial charge in [0.05, 0.1) is 5.69 Å². The van der Waals surface area contributed by atoms with Crippen molar-refractivity contribution < 1.29 is 14.7 Å². The van der Waals surface area contributed by atoms with E-state index in [0.717, 1.165) is 11.5 Å². The molecule has 0 unspecified atom stereocenters. The van der Waals surface area contributed by atoms with Crippen LogP contribution >= 0.6 is 23.3 Å². The summed E-state index contributed by atoms with van der Waals surface area (Å²) in [5, 5.41) is 15.5. The van der Waals surface area contributed by atoms with E-state index >= 15 is 0 Å². The summed E-state index contributed by atoms with van der Waals surface area (Å²) >= 11 is 2.54. The van der Waals surface area contributed by atoms with Crippen molar-refractivity contribution in [2.45, 2.75) is 32.2 Å². The lowest BCUT2D eigenvalue weighted by atomic mass is 10.1. The molecule has 1 rings (SSSR count). The second-order valence-electron chi connectivity index (χ2n) is 4.29. The molecule has 0 aromatic carbocycles. The van der Waals surface area contributed by atoms with Gasteiger partial charge in [0, 0.05) is 0 Å². The van der Waals surface area contributed by atoms with Gasteiger partial charge in [-0.15, -0.1) is 5.10 Å². The maximum atomic E-state index is 12.1. The molecule has 0 aliphatic heterocycles. The van der Waals surface area contributed by atoms with Crippen molar-refractivity contribution >= 4 is 35.2 Å². The van der Waals surface area contributed by atoms with E-state index in [2.05, 4.69) is 14.9 Å². The number of thioether (sulfide) groups is 1. The number of hydrogen-bond donors (Lipinski definition) is 2. The second kappa shape index (κ2) is 7.44. The topological polar surface area (TPSA) is 92.2 Å². The lowest BCUT2D eigenvalue weighted by Crippen LogP contribution is -2.41. The zero-order valence-corrected chi connectivity index (χ0v) is 12.7. The van der Waals surface area contributed by atoms with Gasteiger partial charge in [-0.05, 0) is 35.9 Å². The standard InChI is InChI=1S/C11H17N3O3S2/c1-6(2)8-9(19-14-13-8)10(15)12-7(11(16)17)4-5-18-3/h6-7H,4-5H2,1-3H3,(H,12,15)(H,16,17)/t7-/m0/s1. The van der Waals surface area contributed by atoms with Gasteiger partial charge in [-0.2, -0.15) is 11.8 Å². The molecule has 19 heavy (non-hydrogen) atoms. The van der Waals surface area contributed by atoms with E-state index in [9.17, 15) is 9.59 Å². The van der Waals surface area contributed by atoms with E-state index in [1.54, 1.807) is 11.8 Å². The summed E-state index contributed by atoms with van der Waals surface area (Å²) < 4.78 is 3.76. The minimum absolute atomic E-state index is 0.0778. The Morgan fingerprint density at radius 3 is 2.68 bits per heavy atom. The van der Waals surface area contributed by atoms with Crippen molar-refractivity contribution in [3.05, 3.63) is 10.6 Å². The van der Waals surface area contributed by atoms with Gasteiger partial charge < -0.3 is 10.4 Å². The highest BCUT2D eigenvalue weighted by atomic mass is 32.2. The average molecular weight is 303 g/mol. The molecular formula is C11H17N3O3S2. The Labute approximate surface area is 120 Å². The Bertz CT molecular complexity index is 448. The van der Waals surface area contributed by atoms with Crippen LogP contribution in [0.3, 0.4) is 0 Å². The summed E-state index contributed by atoms with van der Waals surface area (Å²) in [5.74, 6) is -0.679. The first-order valence-corrected chi connectivity index (χ1v) is 7.99. The summed E-state index contributed by atoms with van der Waals surface area (Å²) in [6.45, 7) is 3.83. The Morgan fingerprint density at radius 2 is 2.16 bits per heavy atom. The fourth-order valence-corrected chi connectivity index (χ4v) is 2.64. The maximum Gasteiger partial charge on any atom is 0.326 e. The van der Waals surface area contributed by atoms with Gasteiger partial charge in [0.2, 0.25) is 0 Å². The SMILES string of the molecule is CSCC[C@H](NC(=O)c1snnc1C(C)C)C(=O)O. The van der Waals surface area contributed by atoms with Crippen LogP contribution in [0.1, 0.15) is 41.6 Å². The summed E-state index contributed by atoms with van der Waals surface area (Å²) in [6, 6.07) is -0.873. The van der Waals surface area contributed by atoms with Crippen molar-refractivity contribution in [2.24, 2.45) is 0 Å². The predicted octanol–water partition coefficient (Wildman–Crippen LogP) is 1.60. The quantitative estimate of drug-likeness (QED) is 0.795. The van der Waals surface area contributed by atoms with Gasteiger partial charge in [0.15, 0.2) is 0 Å². The van der Waals surface area contributed by atoms with Crippen LogP contribution in [0.5, 0.6) is 0 Å². The third-order valence-electron chi connectivity index (χ3n) is 2.48. The molecule has 0 fully saturated rings. The monoisotopic (exact) mass is 303 g/mol. The van der Waals surface area contributed by atoms with Crippen LogP contribution in [0, 0.1) is 0 Å². The lowest BCUT2D eigenvalue weighted by Gasteiger charge is -2.13. The number of hydrogen-bond acceptors (Lipinski definition) is 6. The number of carboxylic acid groups (broad SMARTS) is 1. The predicted molar refractivity (Wildman–Crippen MR) is 75.9 cm³/mol. The minimum atomic E-state index is -1.02. The fourth-order valence-electron chi connectivity index (χ4n) is 1.45. The molecule has 0 aliphatic carbocycles. The summed E-state index contributed by atoms with van der Waals surface area (Å²) in [6.07, 6.45) is 2.29. The molecule has 1 atom stereocenters. The number of amides is 1. The third kappa shape index (κ3) is 4.46. The van der Waals surface area contributed by atoms with Gasteiger partial charge in [-0.1, -0.05) is 18.3 Å². The zero-order chi connectivity index (χ0) is 14.4. The summed E-state index contributed by atoms with van der Waals surface area (Å²) in [5.41, 5.74) is 0.608. The summed E-state index contributed by atoms with van der Waals surface area (Å²) in [7, 11) is 0. The molecule has 0 aliphatic rings. The average Bonchev–Trinajstić information content (AvgIpc) is 2.83. The Morgan fingerprint density at radius 1 is 1.47 bits per heavy atom. The van der Waals surface area contributed by atoms with Crippen LogP contribution in [0.15, 0.2) is 0 Å². The Kier molecular flexibility index (Phi) is 6.23. The van der Waals surface area contributed by atoms with E-state index < -0.39 is 17.9 Å². The first kappa shape index (κ1) is 15.9. The zero-order valence-electron chi connectivity index (χ0n) is 11.0. The van der Waals surface area contributed by atoms with E-state index in [1.165, 1.54) is 0 Å². The number of nitrogens with one attached hydrogen (secondary N) is 1. The van der Waals surface area contributed by atoms with E-state index in [1.807, 2.05) is 20.1 Å². The Hall–Kier alpha value is -1.15. The van der Waals surface area contributed by atoms with Gasteiger partial charge in [-0.3, -0.25) is 4.79 Å². The second-order valence-corrected chi connectivity index (χ2v) is 6.03. The molecule has 8 heteroatoms. The van der Waals surface area contributed by atoms with E-state index in [0.29, 0.717) is 22.7 Å². The fraction of sp³-hybridized carbons (Fsp3) is 0.636. The highest BCUT2D eigenvalue weighted by Gasteiger charge is 2.24. The van der Waals surface area contributed by atoms with Gasteiger partial charge in [-0.25, -0.2) is 4.79 Å². The van der Waals surface area contributed by atoms with Crippen LogP contribution < -0.4 is 5.32 Å². The van der Waals surface area contributed by atoms with Crippen molar-refractivity contribution in [1.29, 1.82) is 0 Å². The largest absolute Gasteiger partial charge is 0.480 e. The number of aliphatic carboxylic acids is 1. The van der Waals surface area contributed by atoms with Gasteiger partial charge in [0.1, 0.15) is 10.9 Å². The highest BCUT2D eigenvalue weighted by Crippen LogP contribution is 2.19. The number of aromatic nitrogens is 2. The van der Waals surface area contributed by atoms with Crippen molar-refractivity contribution in [3.8, 4) is 0 Å². The molecular weight excluding hydrogens is 286 g/mol. The normalized spacial score (nSPS) is 12.4. The molecule has 0 saturated carbocycles. The first-order chi connectivity index (χ1) is 8.97. The van der Waals surface area contributed by atoms with Gasteiger partial charge in [0.25, 0.3) is 5.91 Å². The van der Waals surface area contributed by atoms with Gasteiger partial charge >= 0.3 is 5.97 Å². The molecule has 6 nitrogen and oxygen atoms in total. The summed E-state index contributed by atoms with van der Waals surface area (Å²) in [4.78, 5) is 23.5. The van der Waals surface area contributed by atoms with Crippen LogP contribution in [-0.2, 0) is 4.79 Å². The maximum absolute atomic E-state index is 12.1. The van der Waals surface area contributed by atoms with E-state index in [-0.39, 0.29) is 5.92 Å². The molecule has 1 amide bonds. The molecule has 0 bridgehead atoms. The number of carbonyl (C=O) groups excluding carboxylic acids is 1. The number of carbonyl (C=O) groups is 2. The van der Waals surface area contributed by atoms with E-state index in [4.69, 9.17) is 5.11 Å². The highest BCUT2D eigenvalue weighted by molar-refractivity contribution is 7.98. The van der Waals surface area contributed by atoms with Crippen LogP contribution in [0.2, 0.25) is 0 Å². The third-order valence-corrected chi connectivity index (χ3v) is 3.86. The van der Waals surface area contributed by atoms with Crippen molar-refractivity contribution in [1.82, 2.24) is 14.9 Å². The van der Waals surface area contributed by atoms with Crippen LogP contribution in [-0.4, -0.2) is 44.6 Å². The molecule has 0 spiro atoms. The molecule has 2 N–H and O–H groups in total. The van der Waals surface area contributed by atoms with Crippen molar-refractivity contribution in [2.75, 3.05) is 12.0 Å². The van der Waals surface area contributed by atoms with Crippen LogP contribution in [0.4, 0.5) is 0 Å². The number of carboxylic acids is 1. The smallest absolute Gasteiger partial charge is 0.326 e. The van der Waals surface area contributed by atoms with Crippen molar-refractivity contribution in [3.63, 3.8) is 0 Å². The molecule has 106 valence electrons. The lowest BCUT2D eigenvalue weighted by molar-refractivity contribution is -0.139. The molecule has 1 aromatic heterocycles. The molecule has 1 aromatic rings. The molecule has 0 radical (unpaired) electrons. The molecule has 0 saturated heterocycles. The first-order valence-electron chi connectivity index (χ1n) is 5.82. The minimum Gasteiger partial charge on any atom is -0.480 e. The van der Waals surface area contributed by atoms with Crippen LogP contribution in [0.25, 0.3) is 0 Å². The number of rotatable bonds is 7.